The minimum absolute atomic E-state index is 0.0819. The Morgan fingerprint density at radius 3 is 1.76 bits per heavy atom. The topological polar surface area (TPSA) is 61.8 Å². The van der Waals surface area contributed by atoms with Crippen LogP contribution in [0.15, 0.2) is 29.2 Å². The van der Waals surface area contributed by atoms with Gasteiger partial charge >= 0.3 is 0 Å². The van der Waals surface area contributed by atoms with E-state index in [4.69, 9.17) is 19.5 Å². The summed E-state index contributed by atoms with van der Waals surface area (Å²) in [5.41, 5.74) is -0.183. The molecule has 188 valence electrons. The van der Waals surface area contributed by atoms with E-state index in [1.165, 1.54) is 0 Å². The molecule has 5 nitrogen and oxygen atoms in total. The van der Waals surface area contributed by atoms with E-state index in [0.29, 0.717) is 0 Å². The average Bonchev–Trinajstić information content (AvgIpc) is 2.63. The van der Waals surface area contributed by atoms with E-state index in [2.05, 4.69) is 73.7 Å². The van der Waals surface area contributed by atoms with Gasteiger partial charge in [0.05, 0.1) is 11.5 Å². The first-order valence-corrected chi connectivity index (χ1v) is 18.6. The summed E-state index contributed by atoms with van der Waals surface area (Å²) >= 11 is 0. The van der Waals surface area contributed by atoms with E-state index < -0.39 is 38.5 Å². The second-order valence-corrected chi connectivity index (χ2v) is 23.1. The fraction of sp³-hybridized carbons (Fsp3) is 0.680. The van der Waals surface area contributed by atoms with E-state index in [1.807, 2.05) is 13.8 Å². The molecule has 0 heterocycles. The van der Waals surface area contributed by atoms with E-state index in [-0.39, 0.29) is 21.6 Å². The second kappa shape index (κ2) is 9.96. The van der Waals surface area contributed by atoms with Crippen LogP contribution < -0.4 is 0 Å². The first kappa shape index (κ1) is 30.1. The molecule has 0 aliphatic heterocycles. The van der Waals surface area contributed by atoms with Gasteiger partial charge in [-0.3, -0.25) is 4.18 Å². The Labute approximate surface area is 205 Å². The molecule has 0 N–H and O–H groups in total. The van der Waals surface area contributed by atoms with Crippen LogP contribution in [-0.2, 0) is 23.2 Å². The molecule has 0 bridgehead atoms. The van der Waals surface area contributed by atoms with Crippen LogP contribution >= 0.6 is 0 Å². The lowest BCUT2D eigenvalue weighted by atomic mass is 10.0. The lowest BCUT2D eigenvalue weighted by molar-refractivity contribution is -0.0236. The third-order valence-corrected chi connectivity index (χ3v) is 17.4. The van der Waals surface area contributed by atoms with Crippen LogP contribution in [0.1, 0.15) is 54.0 Å². The van der Waals surface area contributed by atoms with E-state index in [0.717, 1.165) is 5.56 Å². The van der Waals surface area contributed by atoms with Crippen molar-refractivity contribution in [2.75, 3.05) is 6.61 Å². The lowest BCUT2D eigenvalue weighted by Crippen LogP contribution is -2.58. The van der Waals surface area contributed by atoms with Crippen LogP contribution in [0.5, 0.6) is 0 Å². The Balaban J connectivity index is 3.38. The van der Waals surface area contributed by atoms with Crippen molar-refractivity contribution in [2.45, 2.75) is 108 Å². The smallest absolute Gasteiger partial charge is 0.297 e. The zero-order chi connectivity index (χ0) is 26.1. The predicted octanol–water partition coefficient (Wildman–Crippen LogP) is 6.50. The van der Waals surface area contributed by atoms with E-state index in [1.54, 1.807) is 24.3 Å². The van der Waals surface area contributed by atoms with Crippen molar-refractivity contribution in [3.05, 3.63) is 29.8 Å². The van der Waals surface area contributed by atoms with Crippen LogP contribution in [0.3, 0.4) is 0 Å². The highest BCUT2D eigenvalue weighted by molar-refractivity contribution is 7.86. The molecule has 0 unspecified atom stereocenters. The van der Waals surface area contributed by atoms with Gasteiger partial charge in [-0.1, -0.05) is 65.2 Å². The van der Waals surface area contributed by atoms with Crippen molar-refractivity contribution in [1.82, 2.24) is 0 Å². The van der Waals surface area contributed by atoms with Crippen molar-refractivity contribution >= 4 is 26.8 Å². The Morgan fingerprint density at radius 1 is 0.909 bits per heavy atom. The molecule has 0 aliphatic carbocycles. The standard InChI is InChI=1S/C25H44O5SSi2/c1-14-25(9,30-33(12,13)24(6,7)8)22(29-32(10,11)23(3,4)5)19-28-31(26,27)21-17-15-20(2)16-18-21/h1,15-18,22H,19H2,2-13H3/t22-,25+/m1/s1. The van der Waals surface area contributed by atoms with Gasteiger partial charge in [0.2, 0.25) is 0 Å². The minimum Gasteiger partial charge on any atom is -0.408 e. The van der Waals surface area contributed by atoms with Crippen LogP contribution in [-0.4, -0.2) is 43.4 Å². The first-order chi connectivity index (χ1) is 14.6. The highest BCUT2D eigenvalue weighted by atomic mass is 32.2. The molecule has 0 fully saturated rings. The van der Waals surface area contributed by atoms with Gasteiger partial charge in [-0.15, -0.1) is 6.42 Å². The van der Waals surface area contributed by atoms with Gasteiger partial charge in [0.1, 0.15) is 11.7 Å². The quantitative estimate of drug-likeness (QED) is 0.215. The van der Waals surface area contributed by atoms with Gasteiger partial charge in [0, 0.05) is 0 Å². The van der Waals surface area contributed by atoms with Crippen molar-refractivity contribution in [3.63, 3.8) is 0 Å². The Hall–Kier alpha value is -0.956. The first-order valence-electron chi connectivity index (χ1n) is 11.4. The maximum Gasteiger partial charge on any atom is 0.297 e. The fourth-order valence-electron chi connectivity index (χ4n) is 2.63. The Morgan fingerprint density at radius 2 is 1.36 bits per heavy atom. The molecule has 0 saturated heterocycles. The van der Waals surface area contributed by atoms with Crippen LogP contribution in [0, 0.1) is 19.3 Å². The molecule has 8 heteroatoms. The molecular formula is C25H44O5SSi2. The number of terminal acetylenes is 1. The normalized spacial score (nSPS) is 16.7. The van der Waals surface area contributed by atoms with Crippen molar-refractivity contribution in [1.29, 1.82) is 0 Å². The third-order valence-electron chi connectivity index (χ3n) is 7.10. The Kier molecular flexibility index (Phi) is 9.08. The van der Waals surface area contributed by atoms with Gasteiger partial charge in [-0.05, 0) is 62.2 Å². The number of aryl methyl sites for hydroxylation is 1. The summed E-state index contributed by atoms with van der Waals surface area (Å²) in [4.78, 5) is 0.104. The maximum absolute atomic E-state index is 12.9. The lowest BCUT2D eigenvalue weighted by Gasteiger charge is -2.47. The van der Waals surface area contributed by atoms with Crippen molar-refractivity contribution in [3.8, 4) is 12.3 Å². The molecule has 0 spiro atoms. The van der Waals surface area contributed by atoms with E-state index in [9.17, 15) is 8.42 Å². The summed E-state index contributed by atoms with van der Waals surface area (Å²) in [6.07, 6.45) is 5.28. The predicted molar refractivity (Wildman–Crippen MR) is 142 cm³/mol. The number of rotatable bonds is 9. The summed E-state index contributed by atoms with van der Waals surface area (Å²) in [6.45, 7) is 24.7. The van der Waals surface area contributed by atoms with Crippen LogP contribution in [0.2, 0.25) is 36.3 Å². The number of hydrogen-bond acceptors (Lipinski definition) is 5. The van der Waals surface area contributed by atoms with Crippen LogP contribution in [0.4, 0.5) is 0 Å². The van der Waals surface area contributed by atoms with E-state index >= 15 is 0 Å². The molecule has 0 saturated carbocycles. The molecular weight excluding hydrogens is 469 g/mol. The van der Waals surface area contributed by atoms with Crippen molar-refractivity contribution in [2.24, 2.45) is 0 Å². The molecule has 0 radical (unpaired) electrons. The zero-order valence-corrected chi connectivity index (χ0v) is 25.4. The van der Waals surface area contributed by atoms with Gasteiger partial charge in [0.15, 0.2) is 16.6 Å². The number of benzene rings is 1. The molecule has 0 amide bonds. The fourth-order valence-corrected chi connectivity index (χ4v) is 6.46. The maximum atomic E-state index is 12.9. The van der Waals surface area contributed by atoms with Gasteiger partial charge in [-0.25, -0.2) is 0 Å². The number of hydrogen-bond donors (Lipinski definition) is 0. The zero-order valence-electron chi connectivity index (χ0n) is 22.6. The molecule has 0 aromatic heterocycles. The molecule has 33 heavy (non-hydrogen) atoms. The molecule has 0 aliphatic rings. The van der Waals surface area contributed by atoms with Crippen molar-refractivity contribution < 1.29 is 21.5 Å². The van der Waals surface area contributed by atoms with Gasteiger partial charge < -0.3 is 8.85 Å². The average molecular weight is 513 g/mol. The molecule has 2 atom stereocenters. The molecule has 1 rings (SSSR count). The summed E-state index contributed by atoms with van der Waals surface area (Å²) in [5.74, 6) is 2.80. The third kappa shape index (κ3) is 7.51. The van der Waals surface area contributed by atoms with Gasteiger partial charge in [0.25, 0.3) is 10.1 Å². The molecule has 1 aromatic rings. The summed E-state index contributed by atoms with van der Waals surface area (Å²) in [5, 5.41) is -0.185. The SMILES string of the molecule is C#C[C@](C)(O[Si](C)(C)C(C)(C)C)[C@@H](COS(=O)(=O)c1ccc(C)cc1)O[Si](C)(C)C(C)(C)C. The second-order valence-electron chi connectivity index (χ2n) is 12.0. The highest BCUT2D eigenvalue weighted by Gasteiger charge is 2.49. The highest BCUT2D eigenvalue weighted by Crippen LogP contribution is 2.43. The largest absolute Gasteiger partial charge is 0.408 e. The summed E-state index contributed by atoms with van der Waals surface area (Å²) in [7, 11) is -8.62. The summed E-state index contributed by atoms with van der Waals surface area (Å²) < 4.78 is 44.7. The monoisotopic (exact) mass is 512 g/mol. The Bertz CT molecular complexity index is 948. The van der Waals surface area contributed by atoms with Crippen LogP contribution in [0.25, 0.3) is 0 Å². The van der Waals surface area contributed by atoms with Gasteiger partial charge in [-0.2, -0.15) is 8.42 Å². The molecule has 1 aromatic carbocycles. The summed E-state index contributed by atoms with van der Waals surface area (Å²) in [6, 6.07) is 6.57. The minimum atomic E-state index is -3.98.